The van der Waals surface area contributed by atoms with Gasteiger partial charge in [-0.25, -0.2) is 4.57 Å². The molecule has 0 spiro atoms. The molecule has 5 N–H and O–H groups in total. The molecule has 0 aliphatic carbocycles. The van der Waals surface area contributed by atoms with Crippen molar-refractivity contribution in [2.24, 2.45) is 5.92 Å². The zero-order valence-electron chi connectivity index (χ0n) is 55.4. The molecule has 0 fully saturated rings. The van der Waals surface area contributed by atoms with Crippen LogP contribution in [0.5, 0.6) is 0 Å². The molecule has 1 aliphatic rings. The van der Waals surface area contributed by atoms with Crippen molar-refractivity contribution in [2.45, 2.75) is 187 Å². The van der Waals surface area contributed by atoms with Gasteiger partial charge in [0.05, 0.1) is 36.5 Å². The molecule has 0 saturated carbocycles. The van der Waals surface area contributed by atoms with Crippen LogP contribution in [-0.4, -0.2) is 98.1 Å². The fourth-order valence-corrected chi connectivity index (χ4v) is 13.2. The van der Waals surface area contributed by atoms with Crippen molar-refractivity contribution in [3.05, 3.63) is 118 Å². The van der Waals surface area contributed by atoms with Gasteiger partial charge in [-0.2, -0.15) is 0 Å². The number of Topliss-reactive ketones (excluding diaryl/α,β-unsaturated/α-hetero) is 2. The SMILES string of the molecule is CC(CNC(=O)CCCCOP(=O)([O-])OCCCCCCCCCC(=O)CCC(=O)Nc1ccc(-c2ccccc2)c2c1CN(C)CC2)CNC(=O)CCCCOP(=O)(O)OCCCCCCCCCC(=O)CCC(=O)Nc1ccc(-c2ccc(Cl)c(Cl)c2)c2ccccc12. The van der Waals surface area contributed by atoms with E-state index in [1.165, 1.54) is 11.1 Å². The van der Waals surface area contributed by atoms with Crippen molar-refractivity contribution in [2.75, 3.05) is 63.7 Å². The number of hydrogen-bond donors (Lipinski definition) is 5. The van der Waals surface area contributed by atoms with E-state index in [-0.39, 0.29) is 106 Å². The Labute approximate surface area is 571 Å². The minimum atomic E-state index is -4.46. The molecule has 1 heterocycles. The molecule has 3 unspecified atom stereocenters. The Hall–Kier alpha value is -5.66. The van der Waals surface area contributed by atoms with Gasteiger partial charge in [-0.05, 0) is 134 Å². The number of halogens is 2. The maximum atomic E-state index is 12.9. The van der Waals surface area contributed by atoms with Crippen LogP contribution in [0.1, 0.15) is 185 Å². The molecule has 3 atom stereocenters. The van der Waals surface area contributed by atoms with Crippen molar-refractivity contribution >= 4 is 96.2 Å². The van der Waals surface area contributed by atoms with Gasteiger partial charge in [0, 0.05) is 94.3 Å². The normalized spacial score (nSPS) is 13.9. The van der Waals surface area contributed by atoms with Crippen LogP contribution >= 0.6 is 38.8 Å². The summed E-state index contributed by atoms with van der Waals surface area (Å²) in [6.07, 6.45) is 16.1. The molecule has 6 rings (SSSR count). The maximum absolute atomic E-state index is 12.9. The van der Waals surface area contributed by atoms with E-state index in [0.29, 0.717) is 80.2 Å². The highest BCUT2D eigenvalue weighted by molar-refractivity contribution is 7.47. The minimum Gasteiger partial charge on any atom is -0.756 e. The predicted molar refractivity (Wildman–Crippen MR) is 375 cm³/mol. The highest BCUT2D eigenvalue weighted by Gasteiger charge is 2.23. The molecule has 1 aliphatic heterocycles. The number of carbonyl (C=O) groups is 6. The first-order valence-corrected chi connectivity index (χ1v) is 37.7. The minimum absolute atomic E-state index is 0.0271. The third kappa shape index (κ3) is 30.3. The molecular formula is C72H98Cl2N5O14P2-. The lowest BCUT2D eigenvalue weighted by Crippen LogP contribution is -2.35. The monoisotopic (exact) mass is 1390 g/mol. The number of carbonyl (C=O) groups excluding carboxylic acids is 6. The van der Waals surface area contributed by atoms with Crippen LogP contribution in [0.15, 0.2) is 97.1 Å². The molecule has 0 radical (unpaired) electrons. The van der Waals surface area contributed by atoms with Crippen molar-refractivity contribution in [3.8, 4) is 22.3 Å². The predicted octanol–water partition coefficient (Wildman–Crippen LogP) is 15.8. The van der Waals surface area contributed by atoms with Gasteiger partial charge in [0.15, 0.2) is 0 Å². The van der Waals surface area contributed by atoms with Crippen LogP contribution in [-0.2, 0) is 69.0 Å². The molecular weight excluding hydrogens is 1290 g/mol. The molecule has 0 aromatic heterocycles. The second-order valence-corrected chi connectivity index (χ2v) is 28.5. The molecule has 0 saturated heterocycles. The molecule has 5 aromatic carbocycles. The third-order valence-electron chi connectivity index (χ3n) is 16.8. The van der Waals surface area contributed by atoms with Crippen LogP contribution in [0.4, 0.5) is 11.4 Å². The summed E-state index contributed by atoms with van der Waals surface area (Å²) in [4.78, 5) is 100. The van der Waals surface area contributed by atoms with E-state index < -0.39 is 15.6 Å². The number of phosphoric ester groups is 2. The number of phosphoric acid groups is 2. The first-order chi connectivity index (χ1) is 45.8. The first-order valence-electron chi connectivity index (χ1n) is 34.0. The molecule has 0 bridgehead atoms. The van der Waals surface area contributed by atoms with Crippen LogP contribution in [0.25, 0.3) is 33.0 Å². The summed E-state index contributed by atoms with van der Waals surface area (Å²) in [6.45, 7) is 4.24. The largest absolute Gasteiger partial charge is 0.756 e. The lowest BCUT2D eigenvalue weighted by atomic mass is 9.89. The third-order valence-corrected chi connectivity index (χ3v) is 19.5. The van der Waals surface area contributed by atoms with E-state index in [9.17, 15) is 47.7 Å². The van der Waals surface area contributed by atoms with Gasteiger partial charge < -0.3 is 45.0 Å². The fourth-order valence-electron chi connectivity index (χ4n) is 11.3. The van der Waals surface area contributed by atoms with Crippen molar-refractivity contribution in [1.29, 1.82) is 0 Å². The number of benzene rings is 5. The Bertz CT molecular complexity index is 3360. The standard InChI is InChI=1S/C72H99Cl2N5O14P2/c1-54(52-76-70(83)33-21-25-49-93-95(88,89)91-47-23-12-8-4-6-10-17-29-58(81)36-43-72(85)78-68-41-37-59(55-26-14-13-15-27-55)62-44-45-79(2)53-64(62)68)51-75-69(82)32-20-24-48-92-94(86,87)90-46-22-11-7-3-5-9-16-28-57(80)35-42-71(84)77-67-40-38-60(61-30-18-19-31-63(61)67)56-34-39-65(73)66(74)50-56/h13-15,18-19,26-27,30-31,34,37-41,50,54H,3-12,16-17,20-25,28-29,32-33,35-36,42-49,51-53H2,1-2H3,(H,75,82)(H,76,83)(H,77,84)(H,78,85)(H,86,87)(H,88,89)/p-1. The maximum Gasteiger partial charge on any atom is 0.472 e. The highest BCUT2D eigenvalue weighted by Crippen LogP contribution is 2.44. The van der Waals surface area contributed by atoms with Gasteiger partial charge in [0.2, 0.25) is 23.6 Å². The van der Waals surface area contributed by atoms with E-state index in [2.05, 4.69) is 51.4 Å². The number of anilines is 2. The zero-order chi connectivity index (χ0) is 68.3. The van der Waals surface area contributed by atoms with Crippen LogP contribution in [0, 0.1) is 5.92 Å². The van der Waals surface area contributed by atoms with E-state index >= 15 is 0 Å². The van der Waals surface area contributed by atoms with Crippen LogP contribution in [0.3, 0.4) is 0 Å². The van der Waals surface area contributed by atoms with Gasteiger partial charge in [0.1, 0.15) is 11.6 Å². The Morgan fingerprint density at radius 3 is 1.52 bits per heavy atom. The number of amides is 4. The smallest absolute Gasteiger partial charge is 0.472 e. The summed E-state index contributed by atoms with van der Waals surface area (Å²) in [6, 6.07) is 31.4. The number of unbranched alkanes of at least 4 members (excludes halogenated alkanes) is 14. The van der Waals surface area contributed by atoms with Crippen molar-refractivity contribution in [3.63, 3.8) is 0 Å². The molecule has 5 aromatic rings. The van der Waals surface area contributed by atoms with Crippen molar-refractivity contribution in [1.82, 2.24) is 15.5 Å². The van der Waals surface area contributed by atoms with Gasteiger partial charge in [-0.15, -0.1) is 0 Å². The summed E-state index contributed by atoms with van der Waals surface area (Å²) in [5, 5.41) is 14.5. The number of ketones is 2. The van der Waals surface area contributed by atoms with E-state index in [0.717, 1.165) is 135 Å². The average molecular weight is 1390 g/mol. The Balaban J connectivity index is 0.658. The number of likely N-dealkylation sites (N-methyl/N-ethyl adjacent to an activating group) is 1. The van der Waals surface area contributed by atoms with E-state index in [1.54, 1.807) is 6.07 Å². The van der Waals surface area contributed by atoms with Gasteiger partial charge in [0.25, 0.3) is 7.82 Å². The summed E-state index contributed by atoms with van der Waals surface area (Å²) < 4.78 is 44.8. The zero-order valence-corrected chi connectivity index (χ0v) is 58.7. The quantitative estimate of drug-likeness (QED) is 0.0179. The number of hydrogen-bond acceptors (Lipinski definition) is 14. The second-order valence-electron chi connectivity index (χ2n) is 24.8. The lowest BCUT2D eigenvalue weighted by molar-refractivity contribution is -0.225. The van der Waals surface area contributed by atoms with Crippen LogP contribution < -0.4 is 26.2 Å². The van der Waals surface area contributed by atoms with Crippen molar-refractivity contribution < 1.29 is 65.8 Å². The fraction of sp³-hybridized carbons (Fsp3) is 0.528. The van der Waals surface area contributed by atoms with E-state index in [4.69, 9.17) is 41.3 Å². The average Bonchev–Trinajstić information content (AvgIpc) is 0.797. The topological polar surface area (TPSA) is 268 Å². The Kier molecular flexibility index (Phi) is 35.4. The highest BCUT2D eigenvalue weighted by atomic mass is 35.5. The van der Waals surface area contributed by atoms with Gasteiger partial charge >= 0.3 is 7.82 Å². The molecule has 4 amide bonds. The van der Waals surface area contributed by atoms with Gasteiger partial charge in [-0.1, -0.05) is 167 Å². The van der Waals surface area contributed by atoms with Gasteiger partial charge in [-0.3, -0.25) is 42.4 Å². The Morgan fingerprint density at radius 2 is 0.958 bits per heavy atom. The van der Waals surface area contributed by atoms with E-state index in [1.807, 2.05) is 79.7 Å². The summed E-state index contributed by atoms with van der Waals surface area (Å²) in [5.41, 5.74) is 8.12. The lowest BCUT2D eigenvalue weighted by Gasteiger charge is -2.29. The summed E-state index contributed by atoms with van der Waals surface area (Å²) >= 11 is 12.4. The summed E-state index contributed by atoms with van der Waals surface area (Å²) in [5.74, 6) is -0.663. The molecule has 23 heteroatoms. The number of nitrogens with zero attached hydrogens (tertiary/aromatic N) is 1. The Morgan fingerprint density at radius 1 is 0.495 bits per heavy atom. The number of fused-ring (bicyclic) bond motifs is 2. The summed E-state index contributed by atoms with van der Waals surface area (Å²) in [7, 11) is -6.60. The van der Waals surface area contributed by atoms with Crippen LogP contribution in [0.2, 0.25) is 10.0 Å². The second kappa shape index (κ2) is 42.9. The number of rotatable bonds is 48. The molecule has 95 heavy (non-hydrogen) atoms. The number of nitrogens with one attached hydrogen (secondary N) is 4. The molecule has 520 valence electrons. The molecule has 19 nitrogen and oxygen atoms in total. The first kappa shape index (κ1) is 78.3.